The van der Waals surface area contributed by atoms with Gasteiger partial charge < -0.3 is 19.8 Å². The van der Waals surface area contributed by atoms with E-state index in [0.717, 1.165) is 21.4 Å². The molecule has 1 amide bonds. The van der Waals surface area contributed by atoms with Crippen molar-refractivity contribution in [1.82, 2.24) is 10.4 Å². The summed E-state index contributed by atoms with van der Waals surface area (Å²) in [5, 5.41) is 22.0. The number of fused-ring (bicyclic) bond motifs is 1. The molecule has 0 fully saturated rings. The van der Waals surface area contributed by atoms with E-state index in [1.807, 2.05) is 13.8 Å². The monoisotopic (exact) mass is 648 g/mol. The third-order valence-corrected chi connectivity index (χ3v) is 8.23. The Hall–Kier alpha value is -2.13. The van der Waals surface area contributed by atoms with Crippen LogP contribution in [0.4, 0.5) is 4.79 Å². The van der Waals surface area contributed by atoms with Crippen LogP contribution in [0.15, 0.2) is 47.4 Å². The average molecular weight is 649 g/mol. The van der Waals surface area contributed by atoms with Crippen LogP contribution in [0.2, 0.25) is 0 Å². The average Bonchev–Trinajstić information content (AvgIpc) is 3.32. The molecule has 2 aromatic rings. The van der Waals surface area contributed by atoms with Gasteiger partial charge >= 0.3 is 6.09 Å². The highest BCUT2D eigenvalue weighted by Crippen LogP contribution is 2.29. The quantitative estimate of drug-likeness (QED) is 0.0924. The Kier molecular flexibility index (Phi) is 10.8. The minimum absolute atomic E-state index is 0.00293. The summed E-state index contributed by atoms with van der Waals surface area (Å²) in [7, 11) is -3.96. The zero-order chi connectivity index (χ0) is 27.0. The van der Waals surface area contributed by atoms with Gasteiger partial charge in [0.1, 0.15) is 12.4 Å². The summed E-state index contributed by atoms with van der Waals surface area (Å²) >= 11 is 2.28. The second kappa shape index (κ2) is 13.6. The molecule has 3 N–H and O–H groups in total. The molecule has 0 saturated heterocycles. The fourth-order valence-corrected chi connectivity index (χ4v) is 5.52. The third-order valence-electron chi connectivity index (χ3n) is 5.71. The van der Waals surface area contributed by atoms with Crippen molar-refractivity contribution in [1.29, 1.82) is 0 Å². The molecule has 204 valence electrons. The molecular formula is C25H33IN2O8S. The lowest BCUT2D eigenvalue weighted by molar-refractivity contribution is -0.194. The molecule has 0 spiro atoms. The highest BCUT2D eigenvalue weighted by molar-refractivity contribution is 14.1. The highest BCUT2D eigenvalue weighted by atomic mass is 127. The second-order valence-electron chi connectivity index (χ2n) is 9.18. The number of benzene rings is 2. The van der Waals surface area contributed by atoms with Crippen LogP contribution in [0.1, 0.15) is 31.4 Å². The van der Waals surface area contributed by atoms with E-state index >= 15 is 0 Å². The topological polar surface area (TPSA) is 135 Å². The van der Waals surface area contributed by atoms with Crippen LogP contribution in [-0.4, -0.2) is 65.2 Å². The van der Waals surface area contributed by atoms with Crippen LogP contribution in [0, 0.1) is 5.92 Å². The SMILES string of the molecule is CC(C)CNN(C(=O)O)C(Cc1ccc(OCCCI)cc1)C(O)CS(=O)(=O)c1ccc2c(c1)COO2. The van der Waals surface area contributed by atoms with E-state index in [-0.39, 0.29) is 23.8 Å². The molecule has 3 rings (SSSR count). The van der Waals surface area contributed by atoms with Gasteiger partial charge in [-0.1, -0.05) is 48.6 Å². The summed E-state index contributed by atoms with van der Waals surface area (Å²) in [5.74, 6) is 0.584. The molecule has 10 nitrogen and oxygen atoms in total. The molecule has 2 atom stereocenters. The summed E-state index contributed by atoms with van der Waals surface area (Å²) < 4.78 is 33.0. The Morgan fingerprint density at radius 1 is 1.22 bits per heavy atom. The van der Waals surface area contributed by atoms with E-state index in [4.69, 9.17) is 14.5 Å². The molecule has 1 aliphatic heterocycles. The first-order valence-corrected chi connectivity index (χ1v) is 15.1. The Morgan fingerprint density at radius 3 is 2.59 bits per heavy atom. The predicted octanol–water partition coefficient (Wildman–Crippen LogP) is 3.60. The van der Waals surface area contributed by atoms with Crippen molar-refractivity contribution in [3.8, 4) is 11.5 Å². The van der Waals surface area contributed by atoms with Crippen molar-refractivity contribution in [2.24, 2.45) is 5.92 Å². The Labute approximate surface area is 230 Å². The van der Waals surface area contributed by atoms with E-state index in [9.17, 15) is 23.4 Å². The number of carboxylic acid groups (broad SMARTS) is 1. The van der Waals surface area contributed by atoms with Crippen molar-refractivity contribution in [3.05, 3.63) is 53.6 Å². The normalized spacial score (nSPS) is 14.6. The lowest BCUT2D eigenvalue weighted by Gasteiger charge is -2.33. The largest absolute Gasteiger partial charge is 0.494 e. The van der Waals surface area contributed by atoms with Gasteiger partial charge in [0.2, 0.25) is 0 Å². The number of hydrazine groups is 1. The highest BCUT2D eigenvalue weighted by Gasteiger charge is 2.34. The number of rotatable bonds is 14. The van der Waals surface area contributed by atoms with Crippen molar-refractivity contribution in [3.63, 3.8) is 0 Å². The second-order valence-corrected chi connectivity index (χ2v) is 12.3. The van der Waals surface area contributed by atoms with E-state index in [2.05, 4.69) is 28.0 Å². The summed E-state index contributed by atoms with van der Waals surface area (Å²) in [6.45, 7) is 4.88. The molecule has 12 heteroatoms. The predicted molar refractivity (Wildman–Crippen MR) is 146 cm³/mol. The molecule has 0 saturated carbocycles. The van der Waals surface area contributed by atoms with Crippen LogP contribution < -0.4 is 15.1 Å². The first-order chi connectivity index (χ1) is 17.6. The first kappa shape index (κ1) is 29.4. The number of aliphatic hydroxyl groups is 1. The summed E-state index contributed by atoms with van der Waals surface area (Å²) in [4.78, 5) is 22.0. The lowest BCUT2D eigenvalue weighted by Crippen LogP contribution is -2.56. The number of nitrogens with one attached hydrogen (secondary N) is 1. The minimum Gasteiger partial charge on any atom is -0.494 e. The molecule has 2 unspecified atom stereocenters. The number of carbonyl (C=O) groups is 1. The van der Waals surface area contributed by atoms with E-state index in [0.29, 0.717) is 30.2 Å². The summed E-state index contributed by atoms with van der Waals surface area (Å²) in [6, 6.07) is 10.4. The van der Waals surface area contributed by atoms with Crippen LogP contribution in [0.3, 0.4) is 0 Å². The molecule has 37 heavy (non-hydrogen) atoms. The van der Waals surface area contributed by atoms with Crippen LogP contribution in [-0.2, 0) is 27.8 Å². The maximum Gasteiger partial charge on any atom is 0.422 e. The van der Waals surface area contributed by atoms with Gasteiger partial charge in [0.25, 0.3) is 0 Å². The number of ether oxygens (including phenoxy) is 1. The molecular weight excluding hydrogens is 615 g/mol. The van der Waals surface area contributed by atoms with E-state index in [1.54, 1.807) is 24.3 Å². The number of hydrogen-bond donors (Lipinski definition) is 3. The number of aliphatic hydroxyl groups excluding tert-OH is 1. The third kappa shape index (κ3) is 8.43. The molecule has 0 aromatic heterocycles. The van der Waals surface area contributed by atoms with Gasteiger partial charge in [-0.25, -0.2) is 23.6 Å². The van der Waals surface area contributed by atoms with E-state index < -0.39 is 33.8 Å². The number of halogens is 1. The van der Waals surface area contributed by atoms with Crippen molar-refractivity contribution in [2.75, 3.05) is 23.3 Å². The van der Waals surface area contributed by atoms with Gasteiger partial charge in [-0.05, 0) is 54.7 Å². The first-order valence-electron chi connectivity index (χ1n) is 12.0. The Balaban J connectivity index is 1.82. The maximum atomic E-state index is 13.2. The smallest absolute Gasteiger partial charge is 0.422 e. The standard InChI is InChI=1S/C25H33IN2O8S/c1-17(2)14-27-28(25(30)31)22(12-18-4-6-20(7-5-18)34-11-3-10-26)23(29)16-37(32,33)21-8-9-24-19(13-21)15-35-36-24/h4-9,13,17,22-23,27,29H,3,10-12,14-16H2,1-2H3,(H,30,31). The van der Waals surface area contributed by atoms with Crippen molar-refractivity contribution >= 4 is 38.5 Å². The molecule has 1 aliphatic rings. The van der Waals surface area contributed by atoms with Gasteiger partial charge in [-0.3, -0.25) is 0 Å². The minimum atomic E-state index is -3.96. The molecule has 0 bridgehead atoms. The fourth-order valence-electron chi connectivity index (χ4n) is 3.75. The fraction of sp³-hybridized carbons (Fsp3) is 0.480. The Morgan fingerprint density at radius 2 is 1.95 bits per heavy atom. The van der Waals surface area contributed by atoms with Gasteiger partial charge in [0.15, 0.2) is 15.6 Å². The molecule has 1 heterocycles. The number of nitrogens with zero attached hydrogens (tertiary/aromatic N) is 1. The Bertz CT molecular complexity index is 1140. The molecule has 2 aromatic carbocycles. The number of hydrogen-bond acceptors (Lipinski definition) is 8. The van der Waals surface area contributed by atoms with Crippen LogP contribution in [0.25, 0.3) is 0 Å². The van der Waals surface area contributed by atoms with Crippen molar-refractivity contribution in [2.45, 2.75) is 50.3 Å². The van der Waals surface area contributed by atoms with Gasteiger partial charge in [0, 0.05) is 16.5 Å². The van der Waals surface area contributed by atoms with Gasteiger partial charge in [0.05, 0.1) is 29.4 Å². The van der Waals surface area contributed by atoms with E-state index in [1.165, 1.54) is 18.2 Å². The van der Waals surface area contributed by atoms with Crippen molar-refractivity contribution < 1.29 is 37.9 Å². The molecule has 0 aliphatic carbocycles. The molecule has 0 radical (unpaired) electrons. The summed E-state index contributed by atoms with van der Waals surface area (Å²) in [5.41, 5.74) is 4.16. The van der Waals surface area contributed by atoms with Gasteiger partial charge in [-0.15, -0.1) is 0 Å². The van der Waals surface area contributed by atoms with Gasteiger partial charge in [-0.2, -0.15) is 4.89 Å². The van der Waals surface area contributed by atoms with Crippen LogP contribution in [0.5, 0.6) is 11.5 Å². The maximum absolute atomic E-state index is 13.2. The lowest BCUT2D eigenvalue weighted by atomic mass is 10.0. The number of alkyl halides is 1. The zero-order valence-corrected chi connectivity index (χ0v) is 23.8. The summed E-state index contributed by atoms with van der Waals surface area (Å²) in [6.07, 6.45) is -1.81. The van der Waals surface area contributed by atoms with Crippen LogP contribution >= 0.6 is 22.6 Å². The number of sulfone groups is 1. The zero-order valence-electron chi connectivity index (χ0n) is 20.8. The number of amides is 1.